The lowest BCUT2D eigenvalue weighted by atomic mass is 10.2. The number of nitrogens with one attached hydrogen (secondary N) is 2. The SMILES string of the molecule is Cc1ccc(S(=O)(=O)N2CCC[C@@H]2CNC(=O)C(=O)Nc2cccc(C)c2)cc1. The highest BCUT2D eigenvalue weighted by atomic mass is 32.2. The number of hydrogen-bond acceptors (Lipinski definition) is 4. The number of rotatable bonds is 5. The van der Waals surface area contributed by atoms with E-state index in [4.69, 9.17) is 0 Å². The molecule has 1 aliphatic rings. The molecule has 3 rings (SSSR count). The molecule has 0 bridgehead atoms. The van der Waals surface area contributed by atoms with Gasteiger partial charge in [0.15, 0.2) is 0 Å². The topological polar surface area (TPSA) is 95.6 Å². The molecule has 1 fully saturated rings. The number of amides is 2. The molecule has 0 aliphatic carbocycles. The van der Waals surface area contributed by atoms with Crippen molar-refractivity contribution >= 4 is 27.5 Å². The molecule has 0 aromatic heterocycles. The lowest BCUT2D eigenvalue weighted by molar-refractivity contribution is -0.136. The van der Waals surface area contributed by atoms with E-state index in [9.17, 15) is 18.0 Å². The van der Waals surface area contributed by atoms with Crippen LogP contribution in [0, 0.1) is 13.8 Å². The molecule has 154 valence electrons. The predicted octanol–water partition coefficient (Wildman–Crippen LogP) is 2.21. The van der Waals surface area contributed by atoms with Crippen LogP contribution in [0.4, 0.5) is 5.69 Å². The Morgan fingerprint density at radius 2 is 1.76 bits per heavy atom. The van der Waals surface area contributed by atoms with Gasteiger partial charge in [0, 0.05) is 24.8 Å². The maximum absolute atomic E-state index is 12.9. The Morgan fingerprint density at radius 3 is 2.45 bits per heavy atom. The van der Waals surface area contributed by atoms with Crippen molar-refractivity contribution in [2.24, 2.45) is 0 Å². The summed E-state index contributed by atoms with van der Waals surface area (Å²) >= 11 is 0. The van der Waals surface area contributed by atoms with Crippen LogP contribution in [0.3, 0.4) is 0 Å². The normalized spacial score (nSPS) is 17.1. The largest absolute Gasteiger partial charge is 0.346 e. The standard InChI is InChI=1S/C21H25N3O4S/c1-15-8-10-19(11-9-15)29(27,28)24-12-4-7-18(24)14-22-20(25)21(26)23-17-6-3-5-16(2)13-17/h3,5-6,8-11,13,18H,4,7,12,14H2,1-2H3,(H,22,25)(H,23,26)/t18-/m1/s1. The number of hydrogen-bond donors (Lipinski definition) is 2. The first-order valence-corrected chi connectivity index (χ1v) is 11.0. The van der Waals surface area contributed by atoms with E-state index < -0.39 is 21.8 Å². The third kappa shape index (κ3) is 5.02. The molecule has 2 aromatic carbocycles. The summed E-state index contributed by atoms with van der Waals surface area (Å²) < 4.78 is 27.3. The molecule has 1 atom stereocenters. The lowest BCUT2D eigenvalue weighted by Gasteiger charge is -2.24. The highest BCUT2D eigenvalue weighted by Gasteiger charge is 2.35. The van der Waals surface area contributed by atoms with Crippen molar-refractivity contribution in [3.63, 3.8) is 0 Å². The summed E-state index contributed by atoms with van der Waals surface area (Å²) in [5.41, 5.74) is 2.48. The third-order valence-electron chi connectivity index (χ3n) is 4.93. The average molecular weight is 416 g/mol. The van der Waals surface area contributed by atoms with Crippen molar-refractivity contribution in [2.45, 2.75) is 37.6 Å². The number of carbonyl (C=O) groups excluding carboxylic acids is 2. The monoisotopic (exact) mass is 415 g/mol. The molecule has 1 heterocycles. The maximum Gasteiger partial charge on any atom is 0.313 e. The minimum Gasteiger partial charge on any atom is -0.346 e. The van der Waals surface area contributed by atoms with Crippen molar-refractivity contribution < 1.29 is 18.0 Å². The summed E-state index contributed by atoms with van der Waals surface area (Å²) in [6.45, 7) is 4.27. The molecule has 0 saturated carbocycles. The Kier molecular flexibility index (Phi) is 6.34. The van der Waals surface area contributed by atoms with Gasteiger partial charge in [-0.2, -0.15) is 4.31 Å². The summed E-state index contributed by atoms with van der Waals surface area (Å²) in [5.74, 6) is -1.56. The molecule has 2 amide bonds. The fourth-order valence-electron chi connectivity index (χ4n) is 3.38. The molecule has 8 heteroatoms. The van der Waals surface area contributed by atoms with Gasteiger partial charge in [-0.1, -0.05) is 29.8 Å². The van der Waals surface area contributed by atoms with E-state index in [2.05, 4.69) is 10.6 Å². The van der Waals surface area contributed by atoms with Gasteiger partial charge in [-0.3, -0.25) is 9.59 Å². The van der Waals surface area contributed by atoms with Crippen LogP contribution in [-0.4, -0.2) is 43.7 Å². The summed E-state index contributed by atoms with van der Waals surface area (Å²) in [4.78, 5) is 24.5. The molecule has 7 nitrogen and oxygen atoms in total. The quantitative estimate of drug-likeness (QED) is 0.732. The van der Waals surface area contributed by atoms with Gasteiger partial charge in [-0.25, -0.2) is 8.42 Å². The van der Waals surface area contributed by atoms with Crippen LogP contribution in [0.5, 0.6) is 0 Å². The summed E-state index contributed by atoms with van der Waals surface area (Å²) in [5, 5.41) is 5.11. The number of benzene rings is 2. The van der Waals surface area contributed by atoms with Crippen LogP contribution in [0.1, 0.15) is 24.0 Å². The van der Waals surface area contributed by atoms with E-state index >= 15 is 0 Å². The minimum atomic E-state index is -3.64. The van der Waals surface area contributed by atoms with Crippen LogP contribution in [-0.2, 0) is 19.6 Å². The first-order chi connectivity index (χ1) is 13.8. The van der Waals surface area contributed by atoms with Crippen molar-refractivity contribution in [1.29, 1.82) is 0 Å². The summed E-state index contributed by atoms with van der Waals surface area (Å²) in [6, 6.07) is 13.5. The second kappa shape index (κ2) is 8.75. The highest BCUT2D eigenvalue weighted by Crippen LogP contribution is 2.26. The summed E-state index contributed by atoms with van der Waals surface area (Å²) in [7, 11) is -3.64. The zero-order valence-electron chi connectivity index (χ0n) is 16.5. The van der Waals surface area contributed by atoms with E-state index in [0.29, 0.717) is 25.1 Å². The van der Waals surface area contributed by atoms with E-state index in [0.717, 1.165) is 11.1 Å². The van der Waals surface area contributed by atoms with Gasteiger partial charge in [0.2, 0.25) is 10.0 Å². The van der Waals surface area contributed by atoms with Gasteiger partial charge in [0.25, 0.3) is 0 Å². The third-order valence-corrected chi connectivity index (χ3v) is 6.90. The second-order valence-corrected chi connectivity index (χ2v) is 9.15. The molecule has 2 N–H and O–H groups in total. The molecular formula is C21H25N3O4S. The molecule has 2 aromatic rings. The molecule has 0 unspecified atom stereocenters. The smallest absolute Gasteiger partial charge is 0.313 e. The minimum absolute atomic E-state index is 0.0885. The van der Waals surface area contributed by atoms with Gasteiger partial charge in [0.05, 0.1) is 4.90 Å². The molecule has 0 spiro atoms. The van der Waals surface area contributed by atoms with Crippen LogP contribution >= 0.6 is 0 Å². The van der Waals surface area contributed by atoms with Crippen molar-refractivity contribution in [2.75, 3.05) is 18.4 Å². The predicted molar refractivity (Wildman–Crippen MR) is 111 cm³/mol. The van der Waals surface area contributed by atoms with E-state index in [1.165, 1.54) is 4.31 Å². The lowest BCUT2D eigenvalue weighted by Crippen LogP contribution is -2.45. The number of nitrogens with zero attached hydrogens (tertiary/aromatic N) is 1. The fraction of sp³-hybridized carbons (Fsp3) is 0.333. The molecular weight excluding hydrogens is 390 g/mol. The van der Waals surface area contributed by atoms with Crippen LogP contribution < -0.4 is 10.6 Å². The van der Waals surface area contributed by atoms with Crippen molar-refractivity contribution in [1.82, 2.24) is 9.62 Å². The van der Waals surface area contributed by atoms with Gasteiger partial charge in [-0.05, 0) is 56.5 Å². The maximum atomic E-state index is 12.9. The first-order valence-electron chi connectivity index (χ1n) is 9.52. The molecule has 1 aliphatic heterocycles. The molecule has 0 radical (unpaired) electrons. The Labute approximate surface area is 171 Å². The second-order valence-electron chi connectivity index (χ2n) is 7.26. The van der Waals surface area contributed by atoms with Crippen molar-refractivity contribution in [3.8, 4) is 0 Å². The number of anilines is 1. The highest BCUT2D eigenvalue weighted by molar-refractivity contribution is 7.89. The van der Waals surface area contributed by atoms with Crippen LogP contribution in [0.15, 0.2) is 53.4 Å². The molecule has 29 heavy (non-hydrogen) atoms. The van der Waals surface area contributed by atoms with E-state index in [1.807, 2.05) is 19.9 Å². The van der Waals surface area contributed by atoms with E-state index in [-0.39, 0.29) is 17.5 Å². The Hall–Kier alpha value is -2.71. The molecule has 1 saturated heterocycles. The Morgan fingerprint density at radius 1 is 1.03 bits per heavy atom. The number of carbonyl (C=O) groups is 2. The van der Waals surface area contributed by atoms with Crippen LogP contribution in [0.2, 0.25) is 0 Å². The van der Waals surface area contributed by atoms with Crippen LogP contribution in [0.25, 0.3) is 0 Å². The fourth-order valence-corrected chi connectivity index (χ4v) is 5.07. The Balaban J connectivity index is 1.61. The Bertz CT molecular complexity index is 1000. The number of aryl methyl sites for hydroxylation is 2. The van der Waals surface area contributed by atoms with Gasteiger partial charge in [-0.15, -0.1) is 0 Å². The summed E-state index contributed by atoms with van der Waals surface area (Å²) in [6.07, 6.45) is 1.34. The first kappa shape index (κ1) is 21.0. The van der Waals surface area contributed by atoms with Gasteiger partial charge < -0.3 is 10.6 Å². The van der Waals surface area contributed by atoms with Gasteiger partial charge in [0.1, 0.15) is 0 Å². The zero-order chi connectivity index (χ0) is 21.0. The zero-order valence-corrected chi connectivity index (χ0v) is 17.3. The average Bonchev–Trinajstić information content (AvgIpc) is 3.16. The number of sulfonamides is 1. The van der Waals surface area contributed by atoms with Gasteiger partial charge >= 0.3 is 11.8 Å². The van der Waals surface area contributed by atoms with Crippen molar-refractivity contribution in [3.05, 3.63) is 59.7 Å². The van der Waals surface area contributed by atoms with E-state index in [1.54, 1.807) is 42.5 Å².